The number of thioether (sulfide) groups is 1. The summed E-state index contributed by atoms with van der Waals surface area (Å²) in [6.45, 7) is 0. The summed E-state index contributed by atoms with van der Waals surface area (Å²) in [5.41, 5.74) is 1.04. The molecule has 2 nitrogen and oxygen atoms in total. The SMILES string of the molecule is O=C1NC(=S)S/C1=C/c1cccc2ccccc12. The van der Waals surface area contributed by atoms with Gasteiger partial charge >= 0.3 is 0 Å². The number of carbonyl (C=O) groups is 1. The van der Waals surface area contributed by atoms with Crippen molar-refractivity contribution in [2.75, 3.05) is 0 Å². The molecular weight excluding hydrogens is 262 g/mol. The molecule has 2 aromatic carbocycles. The van der Waals surface area contributed by atoms with E-state index in [0.29, 0.717) is 9.23 Å². The summed E-state index contributed by atoms with van der Waals surface area (Å²) in [5.74, 6) is -0.113. The Morgan fingerprint density at radius 2 is 1.89 bits per heavy atom. The molecule has 0 radical (unpaired) electrons. The Balaban J connectivity index is 2.13. The van der Waals surface area contributed by atoms with Crippen LogP contribution in [-0.2, 0) is 4.79 Å². The Morgan fingerprint density at radius 1 is 1.11 bits per heavy atom. The summed E-state index contributed by atoms with van der Waals surface area (Å²) >= 11 is 6.28. The van der Waals surface area contributed by atoms with Gasteiger partial charge in [0.2, 0.25) is 0 Å². The first-order chi connectivity index (χ1) is 8.74. The van der Waals surface area contributed by atoms with Crippen LogP contribution in [0.4, 0.5) is 0 Å². The minimum atomic E-state index is -0.113. The number of thiocarbonyl (C=S) groups is 1. The number of hydrogen-bond acceptors (Lipinski definition) is 3. The van der Waals surface area contributed by atoms with Crippen molar-refractivity contribution >= 4 is 51.1 Å². The number of benzene rings is 2. The molecule has 1 heterocycles. The molecule has 1 aliphatic heterocycles. The third-order valence-electron chi connectivity index (χ3n) is 2.75. The highest BCUT2D eigenvalue weighted by molar-refractivity contribution is 8.26. The van der Waals surface area contributed by atoms with Crippen LogP contribution in [0.25, 0.3) is 16.8 Å². The molecule has 1 N–H and O–H groups in total. The molecule has 1 fully saturated rings. The number of rotatable bonds is 1. The molecule has 18 heavy (non-hydrogen) atoms. The predicted octanol–water partition coefficient (Wildman–Crippen LogP) is 3.33. The highest BCUT2D eigenvalue weighted by atomic mass is 32.2. The maximum absolute atomic E-state index is 11.6. The van der Waals surface area contributed by atoms with Crippen LogP contribution in [0.5, 0.6) is 0 Å². The van der Waals surface area contributed by atoms with Crippen LogP contribution < -0.4 is 5.32 Å². The largest absolute Gasteiger partial charge is 0.307 e. The zero-order valence-corrected chi connectivity index (χ0v) is 11.0. The van der Waals surface area contributed by atoms with E-state index in [1.54, 1.807) is 0 Å². The molecule has 2 aromatic rings. The second-order valence-corrected chi connectivity index (χ2v) is 5.64. The van der Waals surface area contributed by atoms with E-state index in [0.717, 1.165) is 16.3 Å². The van der Waals surface area contributed by atoms with Gasteiger partial charge in [0, 0.05) is 0 Å². The minimum absolute atomic E-state index is 0.113. The fourth-order valence-corrected chi connectivity index (χ4v) is 2.97. The molecule has 88 valence electrons. The van der Waals surface area contributed by atoms with E-state index < -0.39 is 0 Å². The Kier molecular flexibility index (Phi) is 2.89. The van der Waals surface area contributed by atoms with Crippen molar-refractivity contribution in [2.45, 2.75) is 0 Å². The van der Waals surface area contributed by atoms with Crippen LogP contribution in [0.1, 0.15) is 5.56 Å². The van der Waals surface area contributed by atoms with Crippen LogP contribution >= 0.6 is 24.0 Å². The summed E-state index contributed by atoms with van der Waals surface area (Å²) in [7, 11) is 0. The van der Waals surface area contributed by atoms with Crippen LogP contribution in [-0.4, -0.2) is 10.2 Å². The number of nitrogens with one attached hydrogen (secondary N) is 1. The molecule has 0 aliphatic carbocycles. The van der Waals surface area contributed by atoms with E-state index in [1.807, 2.05) is 30.3 Å². The van der Waals surface area contributed by atoms with Crippen molar-refractivity contribution in [2.24, 2.45) is 0 Å². The normalized spacial score (nSPS) is 17.4. The molecule has 0 atom stereocenters. The molecule has 0 bridgehead atoms. The Bertz CT molecular complexity index is 686. The fraction of sp³-hybridized carbons (Fsp3) is 0. The van der Waals surface area contributed by atoms with Gasteiger partial charge in [0.05, 0.1) is 4.91 Å². The van der Waals surface area contributed by atoms with Crippen molar-refractivity contribution in [1.29, 1.82) is 0 Å². The third kappa shape index (κ3) is 2.05. The fourth-order valence-electron chi connectivity index (χ4n) is 1.94. The second-order valence-electron chi connectivity index (χ2n) is 3.92. The van der Waals surface area contributed by atoms with Crippen LogP contribution in [0, 0.1) is 0 Å². The lowest BCUT2D eigenvalue weighted by atomic mass is 10.0. The number of amides is 1. The molecule has 0 aromatic heterocycles. The van der Waals surface area contributed by atoms with Gasteiger partial charge in [-0.25, -0.2) is 0 Å². The first-order valence-electron chi connectivity index (χ1n) is 5.47. The van der Waals surface area contributed by atoms with E-state index in [-0.39, 0.29) is 5.91 Å². The van der Waals surface area contributed by atoms with E-state index in [4.69, 9.17) is 12.2 Å². The average molecular weight is 271 g/mol. The van der Waals surface area contributed by atoms with Crippen LogP contribution in [0.2, 0.25) is 0 Å². The molecule has 0 spiro atoms. The van der Waals surface area contributed by atoms with E-state index >= 15 is 0 Å². The maximum Gasteiger partial charge on any atom is 0.263 e. The first-order valence-corrected chi connectivity index (χ1v) is 6.69. The van der Waals surface area contributed by atoms with Gasteiger partial charge < -0.3 is 5.32 Å². The van der Waals surface area contributed by atoms with Gasteiger partial charge in [0.25, 0.3) is 5.91 Å². The van der Waals surface area contributed by atoms with Crippen LogP contribution in [0.15, 0.2) is 47.4 Å². The van der Waals surface area contributed by atoms with Crippen LogP contribution in [0.3, 0.4) is 0 Å². The molecule has 1 saturated heterocycles. The molecule has 4 heteroatoms. The summed E-state index contributed by atoms with van der Waals surface area (Å²) in [5, 5.41) is 4.92. The highest BCUT2D eigenvalue weighted by Crippen LogP contribution is 2.28. The van der Waals surface area contributed by atoms with Crippen molar-refractivity contribution < 1.29 is 4.79 Å². The van der Waals surface area contributed by atoms with Crippen molar-refractivity contribution in [3.8, 4) is 0 Å². The standard InChI is InChI=1S/C14H9NOS2/c16-13-12(18-14(17)15-13)8-10-6-3-5-9-4-1-2-7-11(9)10/h1-8H,(H,15,16,17)/b12-8+. The summed E-state index contributed by atoms with van der Waals surface area (Å²) in [6.07, 6.45) is 1.89. The maximum atomic E-state index is 11.6. The van der Waals surface area contributed by atoms with E-state index in [1.165, 1.54) is 11.8 Å². The molecule has 3 rings (SSSR count). The lowest BCUT2D eigenvalue weighted by molar-refractivity contribution is -0.115. The summed E-state index contributed by atoms with van der Waals surface area (Å²) < 4.78 is 0.520. The highest BCUT2D eigenvalue weighted by Gasteiger charge is 2.22. The van der Waals surface area contributed by atoms with Crippen molar-refractivity contribution in [1.82, 2.24) is 5.32 Å². The van der Waals surface area contributed by atoms with Gasteiger partial charge in [0.1, 0.15) is 4.32 Å². The zero-order chi connectivity index (χ0) is 12.5. The lowest BCUT2D eigenvalue weighted by Gasteiger charge is -2.02. The van der Waals surface area contributed by atoms with Gasteiger partial charge in [-0.3, -0.25) is 4.79 Å². The Labute approximate surface area is 114 Å². The number of hydrogen-bond donors (Lipinski definition) is 1. The molecule has 0 unspecified atom stereocenters. The number of carbonyl (C=O) groups excluding carboxylic acids is 1. The van der Waals surface area contributed by atoms with Crippen molar-refractivity contribution in [3.63, 3.8) is 0 Å². The quantitative estimate of drug-likeness (QED) is 0.637. The Morgan fingerprint density at radius 3 is 2.67 bits per heavy atom. The smallest absolute Gasteiger partial charge is 0.263 e. The van der Waals surface area contributed by atoms with Gasteiger partial charge in [-0.15, -0.1) is 0 Å². The van der Waals surface area contributed by atoms with Crippen molar-refractivity contribution in [3.05, 3.63) is 52.9 Å². The second kappa shape index (κ2) is 4.55. The topological polar surface area (TPSA) is 29.1 Å². The van der Waals surface area contributed by atoms with Gasteiger partial charge in [0.15, 0.2) is 0 Å². The third-order valence-corrected chi connectivity index (χ3v) is 3.91. The van der Waals surface area contributed by atoms with Gasteiger partial charge in [-0.05, 0) is 22.4 Å². The molecular formula is C14H9NOS2. The Hall–Kier alpha value is -1.65. The predicted molar refractivity (Wildman–Crippen MR) is 80.3 cm³/mol. The lowest BCUT2D eigenvalue weighted by Crippen LogP contribution is -2.17. The molecule has 1 aliphatic rings. The first kappa shape index (κ1) is 11.4. The monoisotopic (exact) mass is 271 g/mol. The van der Waals surface area contributed by atoms with Gasteiger partial charge in [-0.1, -0.05) is 66.4 Å². The number of fused-ring (bicyclic) bond motifs is 1. The minimum Gasteiger partial charge on any atom is -0.307 e. The summed E-state index contributed by atoms with van der Waals surface area (Å²) in [4.78, 5) is 12.3. The van der Waals surface area contributed by atoms with E-state index in [2.05, 4.69) is 23.5 Å². The molecule has 1 amide bonds. The van der Waals surface area contributed by atoms with E-state index in [9.17, 15) is 4.79 Å². The van der Waals surface area contributed by atoms with Gasteiger partial charge in [-0.2, -0.15) is 0 Å². The zero-order valence-electron chi connectivity index (χ0n) is 9.34. The molecule has 0 saturated carbocycles. The average Bonchev–Trinajstić information content (AvgIpc) is 2.68. The summed E-state index contributed by atoms with van der Waals surface area (Å²) in [6, 6.07) is 14.2.